The summed E-state index contributed by atoms with van der Waals surface area (Å²) in [5.74, 6) is -0.0289. The number of carbonyl (C=O) groups is 1. The third-order valence-electron chi connectivity index (χ3n) is 9.12. The molecule has 50 heavy (non-hydrogen) atoms. The van der Waals surface area contributed by atoms with E-state index < -0.39 is 44.1 Å². The van der Waals surface area contributed by atoms with Crippen molar-refractivity contribution in [1.82, 2.24) is 29.8 Å². The van der Waals surface area contributed by atoms with Gasteiger partial charge in [-0.2, -0.15) is 13.2 Å². The van der Waals surface area contributed by atoms with Gasteiger partial charge in [0.25, 0.3) is 0 Å². The highest BCUT2D eigenvalue weighted by Gasteiger charge is 2.47. The number of likely N-dealkylation sites (tertiary alicyclic amines) is 1. The predicted molar refractivity (Wildman–Crippen MR) is 185 cm³/mol. The zero-order chi connectivity index (χ0) is 36.6. The standard InChI is InChI=1S/C35H46F4N6O4Si/c1-33(2,3)49-32(46)40-25-14-15-44(21-25)30(35(37,38)39)23-11-13-28-42-43-31(45(28)20-23)26-12-10-22-18-24(36)19-27(29(22)41-26)47-16-9-17-48-50(7,8)34(4,5)6/h10-13,18-20,25,30H,9,14-17,21H2,1-8H3,(H,40,46)/t25-,30+/m0/s1. The van der Waals surface area contributed by atoms with Crippen LogP contribution in [0.4, 0.5) is 22.4 Å². The summed E-state index contributed by atoms with van der Waals surface area (Å²) >= 11 is 0. The minimum atomic E-state index is -4.62. The lowest BCUT2D eigenvalue weighted by Gasteiger charge is -2.36. The third-order valence-corrected chi connectivity index (χ3v) is 13.7. The van der Waals surface area contributed by atoms with E-state index in [2.05, 4.69) is 49.4 Å². The second-order valence-corrected chi connectivity index (χ2v) is 20.1. The van der Waals surface area contributed by atoms with Crippen molar-refractivity contribution in [2.24, 2.45) is 0 Å². The van der Waals surface area contributed by atoms with Gasteiger partial charge in [0.1, 0.15) is 34.4 Å². The number of pyridine rings is 2. The van der Waals surface area contributed by atoms with Crippen molar-refractivity contribution in [2.75, 3.05) is 26.3 Å². The molecule has 1 aliphatic rings. The molecule has 3 aromatic heterocycles. The van der Waals surface area contributed by atoms with Crippen molar-refractivity contribution in [2.45, 2.75) is 96.4 Å². The number of rotatable bonds is 10. The number of hydrogen-bond acceptors (Lipinski definition) is 8. The van der Waals surface area contributed by atoms with Crippen LogP contribution in [0, 0.1) is 5.82 Å². The van der Waals surface area contributed by atoms with E-state index in [-0.39, 0.29) is 41.9 Å². The zero-order valence-electron chi connectivity index (χ0n) is 29.8. The molecule has 0 bridgehead atoms. The number of nitrogens with zero attached hydrogens (tertiary/aromatic N) is 5. The molecule has 0 unspecified atom stereocenters. The number of alkyl carbamates (subject to hydrolysis) is 1. The van der Waals surface area contributed by atoms with Gasteiger partial charge in [-0.25, -0.2) is 14.2 Å². The number of benzene rings is 1. The summed E-state index contributed by atoms with van der Waals surface area (Å²) in [5, 5.41) is 11.7. The number of nitrogens with one attached hydrogen (secondary N) is 1. The molecule has 272 valence electrons. The first-order valence-electron chi connectivity index (χ1n) is 16.7. The largest absolute Gasteiger partial charge is 0.491 e. The Bertz CT molecular complexity index is 1840. The average Bonchev–Trinajstić information content (AvgIpc) is 3.61. The Balaban J connectivity index is 1.38. The van der Waals surface area contributed by atoms with Crippen LogP contribution in [0.1, 0.15) is 66.0 Å². The van der Waals surface area contributed by atoms with E-state index in [0.717, 1.165) is 0 Å². The van der Waals surface area contributed by atoms with Gasteiger partial charge in [-0.1, -0.05) is 32.9 Å². The van der Waals surface area contributed by atoms with Gasteiger partial charge >= 0.3 is 12.3 Å². The van der Waals surface area contributed by atoms with Crippen LogP contribution in [0.3, 0.4) is 0 Å². The molecule has 0 saturated carbocycles. The smallest absolute Gasteiger partial charge is 0.408 e. The molecule has 15 heteroatoms. The summed E-state index contributed by atoms with van der Waals surface area (Å²) in [6.07, 6.45) is -2.99. The van der Waals surface area contributed by atoms with Crippen molar-refractivity contribution in [3.05, 3.63) is 54.0 Å². The molecular formula is C35H46F4N6O4Si. The fourth-order valence-corrected chi connectivity index (χ4v) is 6.74. The van der Waals surface area contributed by atoms with Crippen LogP contribution in [0.5, 0.6) is 5.75 Å². The number of aromatic nitrogens is 4. The van der Waals surface area contributed by atoms with Crippen LogP contribution in [0.15, 0.2) is 42.6 Å². The van der Waals surface area contributed by atoms with Crippen LogP contribution >= 0.6 is 0 Å². The quantitative estimate of drug-likeness (QED) is 0.0998. The van der Waals surface area contributed by atoms with E-state index in [4.69, 9.17) is 18.9 Å². The topological polar surface area (TPSA) is 103 Å². The molecule has 1 saturated heterocycles. The molecule has 10 nitrogen and oxygen atoms in total. The summed E-state index contributed by atoms with van der Waals surface area (Å²) in [4.78, 5) is 18.3. The van der Waals surface area contributed by atoms with E-state index in [1.165, 1.54) is 39.8 Å². The van der Waals surface area contributed by atoms with Gasteiger partial charge in [0, 0.05) is 49.8 Å². The van der Waals surface area contributed by atoms with Gasteiger partial charge in [0.05, 0.1) is 6.61 Å². The number of carbonyl (C=O) groups excluding carboxylic acids is 1. The number of halogens is 4. The molecule has 0 spiro atoms. The number of ether oxygens (including phenoxy) is 2. The number of alkyl halides is 3. The summed E-state index contributed by atoms with van der Waals surface area (Å²) < 4.78 is 77.6. The van der Waals surface area contributed by atoms with Crippen molar-refractivity contribution in [1.29, 1.82) is 0 Å². The van der Waals surface area contributed by atoms with Crippen molar-refractivity contribution in [3.63, 3.8) is 0 Å². The summed E-state index contributed by atoms with van der Waals surface area (Å²) in [5.41, 5.74) is 0.292. The molecule has 4 heterocycles. The van der Waals surface area contributed by atoms with E-state index >= 15 is 0 Å². The van der Waals surface area contributed by atoms with Crippen LogP contribution in [-0.2, 0) is 9.16 Å². The fourth-order valence-electron chi connectivity index (χ4n) is 5.65. The maximum atomic E-state index is 14.7. The highest BCUT2D eigenvalue weighted by Crippen LogP contribution is 2.40. The van der Waals surface area contributed by atoms with Gasteiger partial charge in [-0.3, -0.25) is 9.30 Å². The molecule has 2 atom stereocenters. The molecule has 0 radical (unpaired) electrons. The van der Waals surface area contributed by atoms with Gasteiger partial charge < -0.3 is 19.2 Å². The second kappa shape index (κ2) is 14.1. The van der Waals surface area contributed by atoms with Crippen molar-refractivity contribution in [3.8, 4) is 17.3 Å². The molecule has 1 N–H and O–H groups in total. The van der Waals surface area contributed by atoms with Gasteiger partial charge in [-0.15, -0.1) is 10.2 Å². The summed E-state index contributed by atoms with van der Waals surface area (Å²) in [6, 6.07) is 6.32. The highest BCUT2D eigenvalue weighted by molar-refractivity contribution is 6.74. The number of amides is 1. The molecule has 1 fully saturated rings. The lowest BCUT2D eigenvalue weighted by molar-refractivity contribution is -0.184. The summed E-state index contributed by atoms with van der Waals surface area (Å²) in [6.45, 7) is 16.9. The van der Waals surface area contributed by atoms with Gasteiger partial charge in [0.15, 0.2) is 19.8 Å². The van der Waals surface area contributed by atoms with E-state index in [9.17, 15) is 22.4 Å². The SMILES string of the molecule is CC(C)(C)OC(=O)N[C@H]1CCN([C@H](c2ccc3nnc(-c4ccc5cc(F)cc(OCCCO[Si](C)(C)C(C)(C)C)c5n4)n3c2)C(F)(F)F)C1. The Morgan fingerprint density at radius 1 is 1.04 bits per heavy atom. The lowest BCUT2D eigenvalue weighted by atomic mass is 10.1. The molecule has 5 rings (SSSR count). The molecule has 1 aliphatic heterocycles. The van der Waals surface area contributed by atoms with E-state index in [1.807, 2.05) is 0 Å². The van der Waals surface area contributed by atoms with E-state index in [1.54, 1.807) is 32.9 Å². The average molecular weight is 719 g/mol. The summed E-state index contributed by atoms with van der Waals surface area (Å²) in [7, 11) is -1.92. The van der Waals surface area contributed by atoms with Gasteiger partial charge in [0.2, 0.25) is 0 Å². The van der Waals surface area contributed by atoms with E-state index in [0.29, 0.717) is 41.7 Å². The Morgan fingerprint density at radius 2 is 1.78 bits per heavy atom. The minimum Gasteiger partial charge on any atom is -0.491 e. The highest BCUT2D eigenvalue weighted by atomic mass is 28.4. The molecular weight excluding hydrogens is 673 g/mol. The van der Waals surface area contributed by atoms with Crippen LogP contribution < -0.4 is 10.1 Å². The van der Waals surface area contributed by atoms with Gasteiger partial charge in [-0.05, 0) is 69.1 Å². The normalized spacial score (nSPS) is 17.0. The minimum absolute atomic E-state index is 0.00945. The van der Waals surface area contributed by atoms with Crippen LogP contribution in [0.25, 0.3) is 28.1 Å². The molecule has 1 amide bonds. The van der Waals surface area contributed by atoms with Crippen molar-refractivity contribution < 1.29 is 36.3 Å². The number of fused-ring (bicyclic) bond motifs is 2. The van der Waals surface area contributed by atoms with Crippen molar-refractivity contribution >= 4 is 31.0 Å². The zero-order valence-corrected chi connectivity index (χ0v) is 30.8. The lowest BCUT2D eigenvalue weighted by Crippen LogP contribution is -2.42. The number of hydrogen-bond donors (Lipinski definition) is 1. The molecule has 0 aliphatic carbocycles. The van der Waals surface area contributed by atoms with Crippen LogP contribution in [0.2, 0.25) is 18.1 Å². The third kappa shape index (κ3) is 8.72. The first kappa shape index (κ1) is 37.4. The Labute approximate surface area is 290 Å². The monoisotopic (exact) mass is 718 g/mol. The van der Waals surface area contributed by atoms with Crippen LogP contribution in [-0.4, -0.2) is 83.0 Å². The Hall–Kier alpha value is -3.82. The molecule has 1 aromatic carbocycles. The Morgan fingerprint density at radius 3 is 2.46 bits per heavy atom. The molecule has 4 aromatic rings. The maximum absolute atomic E-state index is 14.7. The predicted octanol–water partition coefficient (Wildman–Crippen LogP) is 8.08. The Kier molecular flexibility index (Phi) is 10.5. The first-order chi connectivity index (χ1) is 23.2. The fraction of sp³-hybridized carbons (Fsp3) is 0.543. The second-order valence-electron chi connectivity index (χ2n) is 15.3. The first-order valence-corrected chi connectivity index (χ1v) is 19.6. The maximum Gasteiger partial charge on any atom is 0.408 e.